The van der Waals surface area contributed by atoms with Gasteiger partial charge >= 0.3 is 12.4 Å². The molecule has 0 bridgehead atoms. The van der Waals surface area contributed by atoms with Gasteiger partial charge in [0.1, 0.15) is 12.4 Å². The second kappa shape index (κ2) is 9.57. The third kappa shape index (κ3) is 5.08. The second-order valence-corrected chi connectivity index (χ2v) is 9.98. The van der Waals surface area contributed by atoms with Gasteiger partial charge in [-0.1, -0.05) is 6.07 Å². The first-order valence-electron chi connectivity index (χ1n) is 10.5. The van der Waals surface area contributed by atoms with Crippen LogP contribution >= 0.6 is 0 Å². The molecule has 0 saturated carbocycles. The lowest BCUT2D eigenvalue weighted by molar-refractivity contribution is -0.143. The number of hydrogen-bond acceptors (Lipinski definition) is 3. The highest BCUT2D eigenvalue weighted by molar-refractivity contribution is 7.92. The molecule has 1 heterocycles. The predicted molar refractivity (Wildman–Crippen MR) is 112 cm³/mol. The van der Waals surface area contributed by atoms with Crippen molar-refractivity contribution in [1.29, 1.82) is 0 Å². The van der Waals surface area contributed by atoms with Crippen LogP contribution in [0.25, 0.3) is 0 Å². The molecule has 1 aliphatic heterocycles. The van der Waals surface area contributed by atoms with E-state index in [1.807, 2.05) is 0 Å². The van der Waals surface area contributed by atoms with Gasteiger partial charge in [-0.15, -0.1) is 0 Å². The van der Waals surface area contributed by atoms with Crippen molar-refractivity contribution >= 4 is 15.7 Å². The van der Waals surface area contributed by atoms with Gasteiger partial charge in [0.25, 0.3) is 10.0 Å². The zero-order valence-corrected chi connectivity index (χ0v) is 19.6. The first-order valence-corrected chi connectivity index (χ1v) is 12.0. The molecule has 1 aliphatic rings. The van der Waals surface area contributed by atoms with Crippen molar-refractivity contribution < 1.29 is 61.4 Å². The molecule has 0 saturated heterocycles. The number of fused-ring (bicyclic) bond motifs is 1. The standard InChI is InChI=1S/C23H12F11NO3S/c24-16-17(25)19(27)21(20(28)18(16)26)39(36,37)35-5-4-13-14(35)2-1-3-15(13)38-9-10-6-11(22(29,30)31)8-12(7-10)23(32,33)34/h1-3,6-8H,4-5,9H2. The molecule has 39 heavy (non-hydrogen) atoms. The summed E-state index contributed by atoms with van der Waals surface area (Å²) in [5.41, 5.74) is -4.01. The number of anilines is 1. The fourth-order valence-electron chi connectivity index (χ4n) is 3.94. The van der Waals surface area contributed by atoms with Crippen LogP contribution in [0.1, 0.15) is 22.3 Å². The minimum absolute atomic E-state index is 0.00738. The summed E-state index contributed by atoms with van der Waals surface area (Å²) in [4.78, 5) is -2.10. The maximum absolute atomic E-state index is 14.2. The van der Waals surface area contributed by atoms with Crippen LogP contribution in [0, 0.1) is 29.1 Å². The second-order valence-electron chi connectivity index (χ2n) is 8.18. The van der Waals surface area contributed by atoms with Gasteiger partial charge < -0.3 is 4.74 Å². The lowest BCUT2D eigenvalue weighted by Gasteiger charge is -2.21. The van der Waals surface area contributed by atoms with E-state index < -0.39 is 86.2 Å². The maximum Gasteiger partial charge on any atom is 0.416 e. The van der Waals surface area contributed by atoms with Gasteiger partial charge in [-0.2, -0.15) is 26.3 Å². The van der Waals surface area contributed by atoms with E-state index in [4.69, 9.17) is 4.74 Å². The van der Waals surface area contributed by atoms with Gasteiger partial charge in [0.2, 0.25) is 5.82 Å². The molecule has 0 amide bonds. The van der Waals surface area contributed by atoms with Crippen molar-refractivity contribution in [3.63, 3.8) is 0 Å². The zero-order chi connectivity index (χ0) is 29.1. The molecule has 4 rings (SSSR count). The smallest absolute Gasteiger partial charge is 0.416 e. The Morgan fingerprint density at radius 1 is 0.769 bits per heavy atom. The molecule has 0 spiro atoms. The topological polar surface area (TPSA) is 46.6 Å². The van der Waals surface area contributed by atoms with E-state index in [1.165, 1.54) is 6.07 Å². The molecule has 0 aliphatic carbocycles. The molecule has 3 aromatic rings. The van der Waals surface area contributed by atoms with E-state index in [0.29, 0.717) is 16.4 Å². The molecule has 16 heteroatoms. The number of ether oxygens (including phenoxy) is 1. The molecule has 4 nitrogen and oxygen atoms in total. The van der Waals surface area contributed by atoms with Crippen LogP contribution in [0.3, 0.4) is 0 Å². The fourth-order valence-corrected chi connectivity index (χ4v) is 5.56. The Labute approximate surface area is 212 Å². The molecule has 0 unspecified atom stereocenters. The number of rotatable bonds is 5. The summed E-state index contributed by atoms with van der Waals surface area (Å²) in [7, 11) is -5.37. The highest BCUT2D eigenvalue weighted by atomic mass is 32.2. The maximum atomic E-state index is 14.2. The third-order valence-electron chi connectivity index (χ3n) is 5.70. The van der Waals surface area contributed by atoms with E-state index in [9.17, 15) is 56.7 Å². The third-order valence-corrected chi connectivity index (χ3v) is 7.54. The lowest BCUT2D eigenvalue weighted by atomic mass is 10.1. The molecule has 3 aromatic carbocycles. The first-order chi connectivity index (χ1) is 17.9. The first kappa shape index (κ1) is 28.4. The minimum Gasteiger partial charge on any atom is -0.489 e. The largest absolute Gasteiger partial charge is 0.489 e. The van der Waals surface area contributed by atoms with Crippen molar-refractivity contribution in [2.75, 3.05) is 10.8 Å². The minimum atomic E-state index is -5.37. The SMILES string of the molecule is O=S(=O)(c1c(F)c(F)c(F)c(F)c1F)N1CCc2c(OCc3cc(C(F)(F)F)cc(C(F)(F)F)c3)cccc21. The highest BCUT2D eigenvalue weighted by Gasteiger charge is 2.40. The predicted octanol–water partition coefficient (Wildman–Crippen LogP) is 6.75. The summed E-state index contributed by atoms with van der Waals surface area (Å²) >= 11 is 0. The van der Waals surface area contributed by atoms with E-state index in [2.05, 4.69) is 0 Å². The van der Waals surface area contributed by atoms with Gasteiger partial charge in [-0.3, -0.25) is 4.31 Å². The van der Waals surface area contributed by atoms with Crippen LogP contribution in [0.4, 0.5) is 54.0 Å². The molecule has 0 fully saturated rings. The van der Waals surface area contributed by atoms with E-state index in [-0.39, 0.29) is 29.5 Å². The molecular formula is C23H12F11NO3S. The van der Waals surface area contributed by atoms with Crippen molar-refractivity contribution in [2.24, 2.45) is 0 Å². The van der Waals surface area contributed by atoms with Crippen LogP contribution < -0.4 is 9.04 Å². The summed E-state index contributed by atoms with van der Waals surface area (Å²) in [5.74, 6) is -12.9. The Morgan fingerprint density at radius 2 is 1.28 bits per heavy atom. The number of benzene rings is 3. The monoisotopic (exact) mass is 591 g/mol. The van der Waals surface area contributed by atoms with E-state index in [1.54, 1.807) is 0 Å². The van der Waals surface area contributed by atoms with Gasteiger partial charge in [-0.05, 0) is 42.3 Å². The van der Waals surface area contributed by atoms with Crippen LogP contribution in [0.15, 0.2) is 41.3 Å². The van der Waals surface area contributed by atoms with Crippen molar-refractivity contribution in [3.8, 4) is 5.75 Å². The van der Waals surface area contributed by atoms with Gasteiger partial charge in [0, 0.05) is 12.1 Å². The van der Waals surface area contributed by atoms with Crippen LogP contribution in [0.2, 0.25) is 0 Å². The summed E-state index contributed by atoms with van der Waals surface area (Å²) < 4.78 is 179. The highest BCUT2D eigenvalue weighted by Crippen LogP contribution is 2.41. The van der Waals surface area contributed by atoms with Gasteiger partial charge in [-0.25, -0.2) is 30.4 Å². The number of alkyl halides is 6. The summed E-state index contributed by atoms with van der Waals surface area (Å²) in [6.45, 7) is -1.38. The van der Waals surface area contributed by atoms with Crippen molar-refractivity contribution in [1.82, 2.24) is 0 Å². The van der Waals surface area contributed by atoms with Crippen molar-refractivity contribution in [3.05, 3.63) is 87.7 Å². The molecule has 0 radical (unpaired) electrons. The van der Waals surface area contributed by atoms with Crippen LogP contribution in [0.5, 0.6) is 5.75 Å². The lowest BCUT2D eigenvalue weighted by Crippen LogP contribution is -2.31. The van der Waals surface area contributed by atoms with Gasteiger partial charge in [0.15, 0.2) is 28.2 Å². The Bertz CT molecular complexity index is 1510. The summed E-state index contributed by atoms with van der Waals surface area (Å²) in [6, 6.07) is 4.23. The Hall–Kier alpha value is -3.56. The average Bonchev–Trinajstić information content (AvgIpc) is 3.29. The van der Waals surface area contributed by atoms with Gasteiger partial charge in [0.05, 0.1) is 16.8 Å². The van der Waals surface area contributed by atoms with Crippen LogP contribution in [-0.4, -0.2) is 15.0 Å². The Morgan fingerprint density at radius 3 is 1.79 bits per heavy atom. The number of halogens is 11. The Kier molecular flexibility index (Phi) is 6.98. The number of hydrogen-bond donors (Lipinski definition) is 0. The molecule has 0 aromatic heterocycles. The molecule has 210 valence electrons. The fraction of sp³-hybridized carbons (Fsp3) is 0.217. The summed E-state index contributed by atoms with van der Waals surface area (Å²) in [6.07, 6.45) is -10.5. The van der Waals surface area contributed by atoms with E-state index >= 15 is 0 Å². The normalized spacial score (nSPS) is 14.1. The van der Waals surface area contributed by atoms with E-state index in [0.717, 1.165) is 12.1 Å². The zero-order valence-electron chi connectivity index (χ0n) is 18.8. The summed E-state index contributed by atoms with van der Waals surface area (Å²) in [5, 5.41) is 0. The van der Waals surface area contributed by atoms with Crippen LogP contribution in [-0.2, 0) is 35.4 Å². The molecule has 0 atom stereocenters. The average molecular weight is 591 g/mol. The molecule has 0 N–H and O–H groups in total. The quantitative estimate of drug-likeness (QED) is 0.188. The van der Waals surface area contributed by atoms with Crippen molar-refractivity contribution in [2.45, 2.75) is 30.3 Å². The number of sulfonamides is 1. The number of nitrogens with zero attached hydrogens (tertiary/aromatic N) is 1. The molecular weight excluding hydrogens is 579 g/mol. The Balaban J connectivity index is 1.69.